The zero-order valence-corrected chi connectivity index (χ0v) is 9.99. The Bertz CT molecular complexity index is 381. The minimum absolute atomic E-state index is 0.0223. The first-order valence-corrected chi connectivity index (χ1v) is 5.58. The van der Waals surface area contributed by atoms with Gasteiger partial charge < -0.3 is 4.74 Å². The van der Waals surface area contributed by atoms with E-state index in [0.717, 1.165) is 18.9 Å². The summed E-state index contributed by atoms with van der Waals surface area (Å²) in [7, 11) is 0. The Morgan fingerprint density at radius 1 is 1.31 bits per heavy atom. The maximum Gasteiger partial charge on any atom is 0.190 e. The zero-order valence-electron chi connectivity index (χ0n) is 9.99. The summed E-state index contributed by atoms with van der Waals surface area (Å²) in [6.45, 7) is 6.97. The quantitative estimate of drug-likeness (QED) is 0.627. The molecule has 2 rings (SSSR count). The molecule has 0 saturated carbocycles. The number of aliphatic imine (C=N–C) groups is 1. The number of nitrogens with zero attached hydrogens (tertiary/aromatic N) is 1. The summed E-state index contributed by atoms with van der Waals surface area (Å²) in [5.41, 5.74) is -0.533. The highest BCUT2D eigenvalue weighted by Crippen LogP contribution is 2.31. The molecule has 0 N–H and O–H groups in total. The molecule has 0 atom stereocenters. The van der Waals surface area contributed by atoms with Gasteiger partial charge in [-0.2, -0.15) is 0 Å². The van der Waals surface area contributed by atoms with Crippen LogP contribution in [0.3, 0.4) is 0 Å². The van der Waals surface area contributed by atoms with E-state index in [1.165, 1.54) is 0 Å². The van der Waals surface area contributed by atoms with Crippen LogP contribution in [0, 0.1) is 5.41 Å². The highest BCUT2D eigenvalue weighted by atomic mass is 16.5. The Hall–Kier alpha value is -1.38. The van der Waals surface area contributed by atoms with Crippen LogP contribution in [0.25, 0.3) is 0 Å². The molecule has 0 fully saturated rings. The van der Waals surface area contributed by atoms with E-state index in [0.29, 0.717) is 0 Å². The standard InChI is InChI=1S/C13H17NO2/c1-12(2,3)11-14-9-8-13(16-11)6-4-10(15)5-7-13/h4-7H,8-9H2,1-3H3. The minimum atomic E-state index is -0.446. The number of allylic oxidation sites excluding steroid dienone is 2. The van der Waals surface area contributed by atoms with E-state index in [-0.39, 0.29) is 11.2 Å². The Balaban J connectivity index is 2.23. The number of hydrogen-bond donors (Lipinski definition) is 0. The number of rotatable bonds is 0. The molecule has 86 valence electrons. The Labute approximate surface area is 95.9 Å². The fourth-order valence-corrected chi connectivity index (χ4v) is 1.78. The van der Waals surface area contributed by atoms with Crippen LogP contribution in [0.1, 0.15) is 27.2 Å². The second-order valence-corrected chi connectivity index (χ2v) is 5.31. The van der Waals surface area contributed by atoms with Gasteiger partial charge >= 0.3 is 0 Å². The molecule has 1 aliphatic heterocycles. The van der Waals surface area contributed by atoms with Crippen molar-refractivity contribution in [3.63, 3.8) is 0 Å². The van der Waals surface area contributed by atoms with Crippen molar-refractivity contribution in [2.24, 2.45) is 10.4 Å². The number of ether oxygens (including phenoxy) is 1. The smallest absolute Gasteiger partial charge is 0.190 e. The van der Waals surface area contributed by atoms with Crippen LogP contribution in [0.5, 0.6) is 0 Å². The van der Waals surface area contributed by atoms with E-state index < -0.39 is 5.60 Å². The minimum Gasteiger partial charge on any atom is -0.466 e. The average Bonchev–Trinajstić information content (AvgIpc) is 2.22. The van der Waals surface area contributed by atoms with Crippen molar-refractivity contribution in [1.29, 1.82) is 0 Å². The summed E-state index contributed by atoms with van der Waals surface area (Å²) < 4.78 is 5.95. The summed E-state index contributed by atoms with van der Waals surface area (Å²) in [5, 5.41) is 0. The fourth-order valence-electron chi connectivity index (χ4n) is 1.78. The topological polar surface area (TPSA) is 38.7 Å². The molecule has 0 aromatic rings. The van der Waals surface area contributed by atoms with Gasteiger partial charge in [-0.25, -0.2) is 0 Å². The molecule has 3 heteroatoms. The van der Waals surface area contributed by atoms with Gasteiger partial charge in [0.15, 0.2) is 11.7 Å². The summed E-state index contributed by atoms with van der Waals surface area (Å²) in [6, 6.07) is 0. The van der Waals surface area contributed by atoms with Crippen LogP contribution in [0.15, 0.2) is 29.3 Å². The number of carbonyl (C=O) groups excluding carboxylic acids is 1. The molecule has 0 radical (unpaired) electrons. The normalized spacial score (nSPS) is 23.2. The third kappa shape index (κ3) is 2.08. The number of hydrogen-bond acceptors (Lipinski definition) is 3. The highest BCUT2D eigenvalue weighted by molar-refractivity contribution is 6.00. The lowest BCUT2D eigenvalue weighted by atomic mass is 9.90. The molecular formula is C13H17NO2. The largest absolute Gasteiger partial charge is 0.466 e. The van der Waals surface area contributed by atoms with Crippen molar-refractivity contribution in [3.8, 4) is 0 Å². The van der Waals surface area contributed by atoms with Crippen molar-refractivity contribution in [1.82, 2.24) is 0 Å². The molecule has 1 heterocycles. The SMILES string of the molecule is CC(C)(C)C1=NCCC2(C=CC(=O)C=C2)O1. The summed E-state index contributed by atoms with van der Waals surface area (Å²) in [5.74, 6) is 0.788. The van der Waals surface area contributed by atoms with Crippen LogP contribution in [-0.2, 0) is 9.53 Å². The average molecular weight is 219 g/mol. The predicted molar refractivity (Wildman–Crippen MR) is 63.5 cm³/mol. The molecule has 1 aliphatic carbocycles. The monoisotopic (exact) mass is 219 g/mol. The number of carbonyl (C=O) groups is 1. The lowest BCUT2D eigenvalue weighted by Crippen LogP contribution is -2.41. The van der Waals surface area contributed by atoms with E-state index in [2.05, 4.69) is 25.8 Å². The Morgan fingerprint density at radius 2 is 1.94 bits per heavy atom. The predicted octanol–water partition coefficient (Wildman–Crippen LogP) is 2.29. The summed E-state index contributed by atoms with van der Waals surface area (Å²) >= 11 is 0. The van der Waals surface area contributed by atoms with Gasteiger partial charge in [0.2, 0.25) is 0 Å². The van der Waals surface area contributed by atoms with Crippen LogP contribution in [0.4, 0.5) is 0 Å². The third-order valence-electron chi connectivity index (χ3n) is 2.75. The molecule has 16 heavy (non-hydrogen) atoms. The first kappa shape index (κ1) is 11.1. The van der Waals surface area contributed by atoms with Crippen molar-refractivity contribution in [2.75, 3.05) is 6.54 Å². The Kier molecular flexibility index (Phi) is 2.49. The molecule has 3 nitrogen and oxygen atoms in total. The Morgan fingerprint density at radius 3 is 2.50 bits per heavy atom. The van der Waals surface area contributed by atoms with Gasteiger partial charge in [0, 0.05) is 18.4 Å². The van der Waals surface area contributed by atoms with Crippen LogP contribution in [-0.4, -0.2) is 23.8 Å². The highest BCUT2D eigenvalue weighted by Gasteiger charge is 2.36. The number of ketones is 1. The molecule has 1 spiro atoms. The van der Waals surface area contributed by atoms with Crippen LogP contribution < -0.4 is 0 Å². The maximum atomic E-state index is 11.1. The molecule has 0 saturated heterocycles. The molecule has 0 aromatic heterocycles. The van der Waals surface area contributed by atoms with Crippen LogP contribution in [0.2, 0.25) is 0 Å². The third-order valence-corrected chi connectivity index (χ3v) is 2.75. The molecule has 0 bridgehead atoms. The second-order valence-electron chi connectivity index (χ2n) is 5.31. The molecular weight excluding hydrogens is 202 g/mol. The van der Waals surface area contributed by atoms with E-state index in [1.807, 2.05) is 12.2 Å². The molecule has 0 aromatic carbocycles. The maximum absolute atomic E-state index is 11.1. The first-order valence-electron chi connectivity index (χ1n) is 5.58. The second kappa shape index (κ2) is 3.58. The van der Waals surface area contributed by atoms with Gasteiger partial charge in [-0.3, -0.25) is 9.79 Å². The van der Waals surface area contributed by atoms with E-state index in [1.54, 1.807) is 12.2 Å². The van der Waals surface area contributed by atoms with Gasteiger partial charge in [-0.15, -0.1) is 0 Å². The van der Waals surface area contributed by atoms with Gasteiger partial charge in [-0.1, -0.05) is 20.8 Å². The van der Waals surface area contributed by atoms with Gasteiger partial charge in [0.25, 0.3) is 0 Å². The molecule has 0 unspecified atom stereocenters. The first-order chi connectivity index (χ1) is 7.41. The van der Waals surface area contributed by atoms with Crippen LogP contribution >= 0.6 is 0 Å². The summed E-state index contributed by atoms with van der Waals surface area (Å²) in [4.78, 5) is 15.5. The van der Waals surface area contributed by atoms with Gasteiger partial charge in [0.05, 0.1) is 0 Å². The van der Waals surface area contributed by atoms with Crippen molar-refractivity contribution >= 4 is 11.7 Å². The van der Waals surface area contributed by atoms with Gasteiger partial charge in [0.1, 0.15) is 5.60 Å². The van der Waals surface area contributed by atoms with E-state index in [9.17, 15) is 4.79 Å². The van der Waals surface area contributed by atoms with E-state index >= 15 is 0 Å². The lowest BCUT2D eigenvalue weighted by molar-refractivity contribution is -0.110. The summed E-state index contributed by atoms with van der Waals surface area (Å²) in [6.07, 6.45) is 7.63. The van der Waals surface area contributed by atoms with Crippen molar-refractivity contribution in [3.05, 3.63) is 24.3 Å². The van der Waals surface area contributed by atoms with Crippen molar-refractivity contribution in [2.45, 2.75) is 32.8 Å². The molecule has 0 amide bonds. The van der Waals surface area contributed by atoms with E-state index in [4.69, 9.17) is 4.74 Å². The van der Waals surface area contributed by atoms with Gasteiger partial charge in [-0.05, 0) is 24.3 Å². The fraction of sp³-hybridized carbons (Fsp3) is 0.538. The lowest BCUT2D eigenvalue weighted by Gasteiger charge is -2.37. The van der Waals surface area contributed by atoms with Crippen molar-refractivity contribution < 1.29 is 9.53 Å². The zero-order chi connectivity index (χ0) is 11.8. The molecule has 2 aliphatic rings.